The van der Waals surface area contributed by atoms with Gasteiger partial charge in [-0.3, -0.25) is 19.6 Å². The van der Waals surface area contributed by atoms with Gasteiger partial charge in [0.2, 0.25) is 11.2 Å². The van der Waals surface area contributed by atoms with Gasteiger partial charge in [-0.15, -0.1) is 0 Å². The number of carbonyl (C=O) groups excluding carboxylic acids is 2. The second kappa shape index (κ2) is 18.8. The van der Waals surface area contributed by atoms with E-state index in [2.05, 4.69) is 25.3 Å². The number of aliphatic hydroxyl groups is 2. The molecular weight excluding hydrogens is 892 g/mol. The molecule has 0 aliphatic carbocycles. The molecule has 4 aromatic heterocycles. The fourth-order valence-electron chi connectivity index (χ4n) is 7.17. The molecule has 8 rings (SSSR count). The van der Waals surface area contributed by atoms with E-state index in [9.17, 15) is 54.9 Å². The van der Waals surface area contributed by atoms with E-state index in [1.807, 2.05) is 0 Å². The first-order chi connectivity index (χ1) is 30.4. The van der Waals surface area contributed by atoms with Crippen LogP contribution in [0.15, 0.2) is 97.6 Å². The molecule has 0 fully saturated rings. The lowest BCUT2D eigenvalue weighted by atomic mass is 10.0. The van der Waals surface area contributed by atoms with E-state index < -0.39 is 40.7 Å². The third-order valence-corrected chi connectivity index (χ3v) is 11.0. The average molecular weight is 933 g/mol. The number of pyridine rings is 2. The molecule has 2 aliphatic rings. The van der Waals surface area contributed by atoms with Crippen LogP contribution < -0.4 is 5.32 Å². The predicted octanol–water partition coefficient (Wildman–Crippen LogP) is 8.65. The van der Waals surface area contributed by atoms with Crippen molar-refractivity contribution in [2.75, 3.05) is 13.1 Å². The van der Waals surface area contributed by atoms with E-state index in [4.69, 9.17) is 11.6 Å². The van der Waals surface area contributed by atoms with Gasteiger partial charge in [0.15, 0.2) is 11.6 Å². The summed E-state index contributed by atoms with van der Waals surface area (Å²) in [6.45, 7) is 6.05. The number of alkyl halides is 6. The molecule has 12 nitrogen and oxygen atoms in total. The third-order valence-electron chi connectivity index (χ3n) is 10.7. The number of hydrogen-bond acceptors (Lipinski definition) is 9. The number of carbonyl (C=O) groups is 2. The number of hydrogen-bond donors (Lipinski definition) is 3. The summed E-state index contributed by atoms with van der Waals surface area (Å²) < 4.78 is 107. The van der Waals surface area contributed by atoms with Crippen molar-refractivity contribution < 1.29 is 54.9 Å². The maximum Gasteiger partial charge on any atom is 0.424 e. The van der Waals surface area contributed by atoms with Gasteiger partial charge in [0, 0.05) is 66.5 Å². The fraction of sp³-hybridized carbons (Fsp3) is 0.318. The standard InChI is InChI=1S/C22H20F4N4O2.C12H7ClFNO.C10H14F3N3O/c1-13-11-29(12-17-10-28-20(30(13)17)21(2,32)22(24,25)26)19(31)15-7-8-27-18(9-15)14-3-5-16(23)6-4-14;13-12(16)9-5-6-15-11(7-9)8-1-3-10(14)4-2-8;1-6-3-14-4-7-5-15-8(16(6)7)9(2,17)10(11,12)13/h3-10,13,32H,11-12H2,1-2H3;1-7H;5-6,14,17H,3-4H2,1-2H3/t13-,21+;;6-,9+/m0.0/s1. The highest BCUT2D eigenvalue weighted by molar-refractivity contribution is 6.67. The molecule has 21 heteroatoms. The van der Waals surface area contributed by atoms with Crippen LogP contribution in [-0.2, 0) is 24.3 Å². The van der Waals surface area contributed by atoms with Gasteiger partial charge in [0.05, 0.1) is 41.6 Å². The number of nitrogens with one attached hydrogen (secondary N) is 1. The molecule has 6 aromatic rings. The maximum atomic E-state index is 13.3. The number of amides is 1. The Kier molecular flexibility index (Phi) is 14.0. The fourth-order valence-corrected chi connectivity index (χ4v) is 7.29. The molecule has 0 bridgehead atoms. The SMILES string of the molecule is C[C@H]1CN(C(=O)c2ccnc(-c3ccc(F)cc3)c2)Cc2cnc([C@@](C)(O)C(F)(F)F)n21.C[C@H]1CNCc2cnc([C@@](C)(O)C(F)(F)F)n21.O=C(Cl)c1ccnc(-c2ccc(F)cc2)c1. The molecule has 2 aliphatic heterocycles. The average Bonchev–Trinajstić information content (AvgIpc) is 3.91. The molecule has 0 radical (unpaired) electrons. The van der Waals surface area contributed by atoms with Crippen LogP contribution in [0, 0.1) is 11.6 Å². The van der Waals surface area contributed by atoms with E-state index >= 15 is 0 Å². The molecule has 1 amide bonds. The van der Waals surface area contributed by atoms with Crippen LogP contribution in [0.25, 0.3) is 22.5 Å². The summed E-state index contributed by atoms with van der Waals surface area (Å²) in [5.41, 5.74) is -1.80. The zero-order valence-corrected chi connectivity index (χ0v) is 35.7. The van der Waals surface area contributed by atoms with Gasteiger partial charge < -0.3 is 29.6 Å². The first-order valence-electron chi connectivity index (χ1n) is 19.8. The second-order valence-electron chi connectivity index (χ2n) is 15.7. The van der Waals surface area contributed by atoms with Crippen LogP contribution in [0.2, 0.25) is 0 Å². The quantitative estimate of drug-likeness (QED) is 0.110. The summed E-state index contributed by atoms with van der Waals surface area (Å²) in [4.78, 5) is 41.5. The second-order valence-corrected chi connectivity index (χ2v) is 16.0. The van der Waals surface area contributed by atoms with E-state index in [0.29, 0.717) is 59.5 Å². The Morgan fingerprint density at radius 1 is 0.677 bits per heavy atom. The molecule has 0 saturated carbocycles. The highest BCUT2D eigenvalue weighted by Crippen LogP contribution is 2.41. The van der Waals surface area contributed by atoms with Gasteiger partial charge in [-0.1, -0.05) is 0 Å². The summed E-state index contributed by atoms with van der Waals surface area (Å²) in [7, 11) is 0. The van der Waals surface area contributed by atoms with Gasteiger partial charge in [-0.05, 0) is 112 Å². The smallest absolute Gasteiger partial charge is 0.374 e. The summed E-state index contributed by atoms with van der Waals surface area (Å²) in [6, 6.07) is 17.1. The predicted molar refractivity (Wildman–Crippen MR) is 221 cm³/mol. The summed E-state index contributed by atoms with van der Waals surface area (Å²) in [5, 5.41) is 22.3. The lowest BCUT2D eigenvalue weighted by Gasteiger charge is -2.36. The van der Waals surface area contributed by atoms with Crippen molar-refractivity contribution in [3.05, 3.63) is 143 Å². The normalized spacial score (nSPS) is 17.8. The Morgan fingerprint density at radius 2 is 1.12 bits per heavy atom. The van der Waals surface area contributed by atoms with E-state index in [-0.39, 0.29) is 42.5 Å². The number of imidazole rings is 2. The van der Waals surface area contributed by atoms with Crippen LogP contribution in [0.4, 0.5) is 35.1 Å². The van der Waals surface area contributed by atoms with Crippen molar-refractivity contribution in [2.45, 2.75) is 76.4 Å². The minimum atomic E-state index is -4.89. The monoisotopic (exact) mass is 932 g/mol. The number of fused-ring (bicyclic) bond motifs is 2. The van der Waals surface area contributed by atoms with Gasteiger partial charge in [-0.2, -0.15) is 26.3 Å². The summed E-state index contributed by atoms with van der Waals surface area (Å²) in [6.07, 6.45) is -4.04. The largest absolute Gasteiger partial charge is 0.424 e. The minimum Gasteiger partial charge on any atom is -0.374 e. The van der Waals surface area contributed by atoms with Crippen LogP contribution in [0.3, 0.4) is 0 Å². The molecule has 65 heavy (non-hydrogen) atoms. The Bertz CT molecular complexity index is 2650. The van der Waals surface area contributed by atoms with Crippen LogP contribution in [0.1, 0.15) is 83.5 Å². The molecule has 344 valence electrons. The van der Waals surface area contributed by atoms with Crippen molar-refractivity contribution in [1.82, 2.24) is 39.3 Å². The zero-order valence-electron chi connectivity index (χ0n) is 35.0. The molecule has 0 saturated heterocycles. The van der Waals surface area contributed by atoms with Crippen molar-refractivity contribution in [2.24, 2.45) is 0 Å². The molecule has 0 spiro atoms. The molecule has 4 atom stereocenters. The summed E-state index contributed by atoms with van der Waals surface area (Å²) in [5.74, 6) is -1.85. The van der Waals surface area contributed by atoms with Crippen LogP contribution in [-0.4, -0.2) is 80.8 Å². The van der Waals surface area contributed by atoms with E-state index in [1.165, 1.54) is 69.2 Å². The summed E-state index contributed by atoms with van der Waals surface area (Å²) >= 11 is 5.36. The zero-order chi connectivity index (χ0) is 47.6. The number of rotatable bonds is 6. The minimum absolute atomic E-state index is 0.0400. The van der Waals surface area contributed by atoms with Crippen molar-refractivity contribution >= 4 is 22.8 Å². The van der Waals surface area contributed by atoms with Crippen molar-refractivity contribution in [1.29, 1.82) is 0 Å². The van der Waals surface area contributed by atoms with E-state index in [0.717, 1.165) is 12.5 Å². The topological polar surface area (TPSA) is 151 Å². The maximum absolute atomic E-state index is 13.3. The number of halogens is 9. The highest BCUT2D eigenvalue weighted by Gasteiger charge is 2.56. The number of aromatic nitrogens is 6. The first-order valence-corrected chi connectivity index (χ1v) is 20.1. The Morgan fingerprint density at radius 3 is 1.60 bits per heavy atom. The van der Waals surface area contributed by atoms with Crippen molar-refractivity contribution in [3.8, 4) is 22.5 Å². The van der Waals surface area contributed by atoms with Gasteiger partial charge in [-0.25, -0.2) is 18.7 Å². The van der Waals surface area contributed by atoms with Crippen molar-refractivity contribution in [3.63, 3.8) is 0 Å². The van der Waals surface area contributed by atoms with Gasteiger partial charge in [0.25, 0.3) is 11.1 Å². The highest BCUT2D eigenvalue weighted by atomic mass is 35.5. The number of benzene rings is 2. The molecule has 0 unspecified atom stereocenters. The molecule has 6 heterocycles. The molecular formula is C44H41ClF8N8O4. The molecule has 3 N–H and O–H groups in total. The Labute approximate surface area is 371 Å². The van der Waals surface area contributed by atoms with Crippen LogP contribution >= 0.6 is 11.6 Å². The Balaban J connectivity index is 0.000000178. The Hall–Kier alpha value is -6.09. The van der Waals surface area contributed by atoms with Gasteiger partial charge >= 0.3 is 12.4 Å². The first kappa shape index (κ1) is 48.4. The number of nitrogens with zero attached hydrogens (tertiary/aromatic N) is 7. The van der Waals surface area contributed by atoms with E-state index in [1.54, 1.807) is 56.3 Å². The molecule has 2 aromatic carbocycles. The lowest BCUT2D eigenvalue weighted by Crippen LogP contribution is -2.45. The third kappa shape index (κ3) is 10.4. The van der Waals surface area contributed by atoms with Gasteiger partial charge in [0.1, 0.15) is 11.6 Å². The lowest BCUT2D eigenvalue weighted by molar-refractivity contribution is -0.263. The van der Waals surface area contributed by atoms with Crippen LogP contribution in [0.5, 0.6) is 0 Å².